The second kappa shape index (κ2) is 7.82. The molecule has 27 heavy (non-hydrogen) atoms. The summed E-state index contributed by atoms with van der Waals surface area (Å²) in [6, 6.07) is 13.4. The van der Waals surface area contributed by atoms with Crippen LogP contribution in [-0.4, -0.2) is 42.1 Å². The molecule has 0 atom stereocenters. The highest BCUT2D eigenvalue weighted by Gasteiger charge is 2.34. The molecule has 1 heterocycles. The molecular formula is C20H19N3O4. The van der Waals surface area contributed by atoms with E-state index in [0.717, 1.165) is 4.90 Å². The SMILES string of the molecule is CNC(=O)c1ccccc1NC(=O)CCCN1C(=O)c2ccccc2C1=O. The highest BCUT2D eigenvalue weighted by Crippen LogP contribution is 2.22. The number of amides is 4. The molecule has 7 nitrogen and oxygen atoms in total. The fourth-order valence-electron chi connectivity index (χ4n) is 2.98. The molecule has 0 spiro atoms. The maximum atomic E-state index is 12.3. The first kappa shape index (κ1) is 18.3. The van der Waals surface area contributed by atoms with Crippen LogP contribution in [0.15, 0.2) is 48.5 Å². The average Bonchev–Trinajstić information content (AvgIpc) is 2.93. The number of hydrogen-bond acceptors (Lipinski definition) is 4. The zero-order valence-electron chi connectivity index (χ0n) is 14.8. The van der Waals surface area contributed by atoms with Crippen molar-refractivity contribution in [1.82, 2.24) is 10.2 Å². The summed E-state index contributed by atoms with van der Waals surface area (Å²) >= 11 is 0. The molecule has 2 aromatic rings. The van der Waals surface area contributed by atoms with Gasteiger partial charge in [0, 0.05) is 20.0 Å². The number of para-hydroxylation sites is 1. The van der Waals surface area contributed by atoms with E-state index in [1.807, 2.05) is 0 Å². The zero-order chi connectivity index (χ0) is 19.4. The Hall–Kier alpha value is -3.48. The van der Waals surface area contributed by atoms with E-state index in [1.54, 1.807) is 48.5 Å². The van der Waals surface area contributed by atoms with Gasteiger partial charge in [-0.05, 0) is 30.7 Å². The molecule has 0 unspecified atom stereocenters. The summed E-state index contributed by atoms with van der Waals surface area (Å²) in [5.41, 5.74) is 1.58. The van der Waals surface area contributed by atoms with E-state index in [-0.39, 0.29) is 36.6 Å². The van der Waals surface area contributed by atoms with Crippen LogP contribution >= 0.6 is 0 Å². The molecule has 0 radical (unpaired) electrons. The number of nitrogens with one attached hydrogen (secondary N) is 2. The number of carbonyl (C=O) groups excluding carboxylic acids is 4. The summed E-state index contributed by atoms with van der Waals surface area (Å²) in [5.74, 6) is -1.25. The van der Waals surface area contributed by atoms with Gasteiger partial charge in [0.25, 0.3) is 17.7 Å². The lowest BCUT2D eigenvalue weighted by atomic mass is 10.1. The van der Waals surface area contributed by atoms with Crippen LogP contribution in [-0.2, 0) is 4.79 Å². The van der Waals surface area contributed by atoms with Crippen LogP contribution in [0.3, 0.4) is 0 Å². The number of fused-ring (bicyclic) bond motifs is 1. The number of nitrogens with zero attached hydrogens (tertiary/aromatic N) is 1. The predicted molar refractivity (Wildman–Crippen MR) is 99.5 cm³/mol. The Bertz CT molecular complexity index is 888. The topological polar surface area (TPSA) is 95.6 Å². The Morgan fingerprint density at radius 2 is 1.52 bits per heavy atom. The summed E-state index contributed by atoms with van der Waals surface area (Å²) in [4.78, 5) is 49.8. The average molecular weight is 365 g/mol. The first-order valence-corrected chi connectivity index (χ1v) is 8.59. The molecule has 0 saturated heterocycles. The molecule has 4 amide bonds. The van der Waals surface area contributed by atoms with Gasteiger partial charge < -0.3 is 10.6 Å². The van der Waals surface area contributed by atoms with Crippen LogP contribution < -0.4 is 10.6 Å². The van der Waals surface area contributed by atoms with Gasteiger partial charge in [0.05, 0.1) is 22.4 Å². The van der Waals surface area contributed by atoms with Gasteiger partial charge in [0.1, 0.15) is 0 Å². The molecule has 7 heteroatoms. The lowest BCUT2D eigenvalue weighted by Gasteiger charge is -2.14. The minimum atomic E-state index is -0.332. The van der Waals surface area contributed by atoms with Crippen molar-refractivity contribution in [2.24, 2.45) is 0 Å². The standard InChI is InChI=1S/C20H19N3O4/c1-21-18(25)15-9-4-5-10-16(15)22-17(24)11-6-12-23-19(26)13-7-2-3-8-14(13)20(23)27/h2-5,7-10H,6,11-12H2,1H3,(H,21,25)(H,22,24). The van der Waals surface area contributed by atoms with Crippen LogP contribution in [0.25, 0.3) is 0 Å². The van der Waals surface area contributed by atoms with E-state index in [2.05, 4.69) is 10.6 Å². The molecular weight excluding hydrogens is 346 g/mol. The molecule has 0 fully saturated rings. The van der Waals surface area contributed by atoms with Crippen molar-refractivity contribution in [2.75, 3.05) is 18.9 Å². The lowest BCUT2D eigenvalue weighted by Crippen LogP contribution is -2.31. The molecule has 0 bridgehead atoms. The fourth-order valence-corrected chi connectivity index (χ4v) is 2.98. The first-order chi connectivity index (χ1) is 13.0. The van der Waals surface area contributed by atoms with Gasteiger partial charge in [-0.15, -0.1) is 0 Å². The highest BCUT2D eigenvalue weighted by molar-refractivity contribution is 6.21. The van der Waals surface area contributed by atoms with Crippen molar-refractivity contribution >= 4 is 29.3 Å². The lowest BCUT2D eigenvalue weighted by molar-refractivity contribution is -0.116. The Morgan fingerprint density at radius 3 is 2.15 bits per heavy atom. The number of hydrogen-bond donors (Lipinski definition) is 2. The van der Waals surface area contributed by atoms with Gasteiger partial charge in [0.15, 0.2) is 0 Å². The van der Waals surface area contributed by atoms with Crippen molar-refractivity contribution in [3.63, 3.8) is 0 Å². The van der Waals surface area contributed by atoms with E-state index < -0.39 is 0 Å². The van der Waals surface area contributed by atoms with Crippen LogP contribution in [0.4, 0.5) is 5.69 Å². The van der Waals surface area contributed by atoms with Crippen LogP contribution in [0, 0.1) is 0 Å². The number of anilines is 1. The third-order valence-corrected chi connectivity index (χ3v) is 4.34. The third kappa shape index (κ3) is 3.72. The smallest absolute Gasteiger partial charge is 0.261 e. The molecule has 2 N–H and O–H groups in total. The molecule has 0 saturated carbocycles. The van der Waals surface area contributed by atoms with Crippen molar-refractivity contribution in [1.29, 1.82) is 0 Å². The molecule has 138 valence electrons. The molecule has 2 aromatic carbocycles. The zero-order valence-corrected chi connectivity index (χ0v) is 14.8. The van der Waals surface area contributed by atoms with E-state index in [1.165, 1.54) is 7.05 Å². The largest absolute Gasteiger partial charge is 0.355 e. The monoisotopic (exact) mass is 365 g/mol. The van der Waals surface area contributed by atoms with Crippen molar-refractivity contribution in [3.05, 3.63) is 65.2 Å². The van der Waals surface area contributed by atoms with Crippen LogP contribution in [0.1, 0.15) is 43.9 Å². The molecule has 1 aliphatic heterocycles. The molecule has 3 rings (SSSR count). The van der Waals surface area contributed by atoms with Crippen LogP contribution in [0.5, 0.6) is 0 Å². The Balaban J connectivity index is 1.56. The van der Waals surface area contributed by atoms with Gasteiger partial charge in [0.2, 0.25) is 5.91 Å². The molecule has 0 aromatic heterocycles. The van der Waals surface area contributed by atoms with Gasteiger partial charge in [-0.25, -0.2) is 0 Å². The highest BCUT2D eigenvalue weighted by atomic mass is 16.2. The van der Waals surface area contributed by atoms with Crippen molar-refractivity contribution in [3.8, 4) is 0 Å². The Labute approximate surface area is 156 Å². The van der Waals surface area contributed by atoms with Gasteiger partial charge in [-0.1, -0.05) is 24.3 Å². The van der Waals surface area contributed by atoms with Crippen LogP contribution in [0.2, 0.25) is 0 Å². The number of benzene rings is 2. The maximum Gasteiger partial charge on any atom is 0.261 e. The minimum Gasteiger partial charge on any atom is -0.355 e. The fraction of sp³-hybridized carbons (Fsp3) is 0.200. The van der Waals surface area contributed by atoms with Gasteiger partial charge in [-0.3, -0.25) is 24.1 Å². The normalized spacial score (nSPS) is 12.7. The summed E-state index contributed by atoms with van der Waals surface area (Å²) in [6.07, 6.45) is 0.453. The summed E-state index contributed by atoms with van der Waals surface area (Å²) < 4.78 is 0. The predicted octanol–water partition coefficient (Wildman–Crippen LogP) is 2.06. The first-order valence-electron chi connectivity index (χ1n) is 8.59. The molecule has 1 aliphatic rings. The minimum absolute atomic E-state index is 0.121. The van der Waals surface area contributed by atoms with Gasteiger partial charge in [-0.2, -0.15) is 0 Å². The summed E-state index contributed by atoms with van der Waals surface area (Å²) in [7, 11) is 1.52. The van der Waals surface area contributed by atoms with E-state index in [0.29, 0.717) is 28.8 Å². The van der Waals surface area contributed by atoms with E-state index in [9.17, 15) is 19.2 Å². The third-order valence-electron chi connectivity index (χ3n) is 4.34. The van der Waals surface area contributed by atoms with Crippen molar-refractivity contribution < 1.29 is 19.2 Å². The van der Waals surface area contributed by atoms with E-state index >= 15 is 0 Å². The summed E-state index contributed by atoms with van der Waals surface area (Å²) in [5, 5.41) is 5.22. The summed E-state index contributed by atoms with van der Waals surface area (Å²) in [6.45, 7) is 0.164. The number of rotatable bonds is 6. The second-order valence-electron chi connectivity index (χ2n) is 6.08. The Kier molecular flexibility index (Phi) is 5.30. The second-order valence-corrected chi connectivity index (χ2v) is 6.08. The van der Waals surface area contributed by atoms with E-state index in [4.69, 9.17) is 0 Å². The maximum absolute atomic E-state index is 12.3. The van der Waals surface area contributed by atoms with Gasteiger partial charge >= 0.3 is 0 Å². The quantitative estimate of drug-likeness (QED) is 0.766. The Morgan fingerprint density at radius 1 is 0.926 bits per heavy atom. The number of carbonyl (C=O) groups is 4. The van der Waals surface area contributed by atoms with Crippen molar-refractivity contribution in [2.45, 2.75) is 12.8 Å². The molecule has 0 aliphatic carbocycles. The number of imide groups is 1.